The summed E-state index contributed by atoms with van der Waals surface area (Å²) in [5.74, 6) is -3.09. The maximum atomic E-state index is 13.5. The minimum absolute atomic E-state index is 0.0884. The highest BCUT2D eigenvalue weighted by atomic mass is 19.1. The first kappa shape index (κ1) is 16.3. The molecule has 0 saturated carbocycles. The Balaban J connectivity index is 2.59. The monoisotopic (exact) mass is 289 g/mol. The summed E-state index contributed by atoms with van der Waals surface area (Å²) in [6, 6.07) is 1.66. The molecule has 0 aliphatic heterocycles. The van der Waals surface area contributed by atoms with E-state index in [1.807, 2.05) is 0 Å². The van der Waals surface area contributed by atoms with E-state index in [0.717, 1.165) is 12.1 Å². The second-order valence-corrected chi connectivity index (χ2v) is 4.26. The summed E-state index contributed by atoms with van der Waals surface area (Å²) >= 11 is 0. The van der Waals surface area contributed by atoms with Crippen LogP contribution < -0.4 is 10.1 Å². The highest BCUT2D eigenvalue weighted by molar-refractivity contribution is 5.77. The third kappa shape index (κ3) is 4.75. The van der Waals surface area contributed by atoms with Gasteiger partial charge in [0.25, 0.3) is 5.91 Å². The van der Waals surface area contributed by atoms with E-state index in [0.29, 0.717) is 6.61 Å². The van der Waals surface area contributed by atoms with Gasteiger partial charge in [0, 0.05) is 13.2 Å². The van der Waals surface area contributed by atoms with Crippen molar-refractivity contribution in [2.75, 3.05) is 20.3 Å². The number of nitrogens with one attached hydrogen (secondary N) is 1. The average Bonchev–Trinajstić information content (AvgIpc) is 2.37. The minimum atomic E-state index is -0.966. The van der Waals surface area contributed by atoms with Crippen molar-refractivity contribution < 1.29 is 28.2 Å². The van der Waals surface area contributed by atoms with E-state index in [1.165, 1.54) is 7.11 Å². The van der Waals surface area contributed by atoms with Gasteiger partial charge in [-0.15, -0.1) is 0 Å². The number of methoxy groups -OCH3 is 1. The standard InChI is InChI=1S/C13H17F2NO4/c1-8(6-19-2)16-12(18)7-20-13-10(14)3-9(5-17)4-11(13)15/h3-4,8,17H,5-7H2,1-2H3,(H,16,18). The number of carbonyl (C=O) groups excluding carboxylic acids is 1. The molecular weight excluding hydrogens is 272 g/mol. The Morgan fingerprint density at radius 1 is 1.40 bits per heavy atom. The van der Waals surface area contributed by atoms with Crippen molar-refractivity contribution >= 4 is 5.91 Å². The van der Waals surface area contributed by atoms with Gasteiger partial charge in [-0.3, -0.25) is 4.79 Å². The van der Waals surface area contributed by atoms with Gasteiger partial charge in [0.15, 0.2) is 24.0 Å². The normalized spacial score (nSPS) is 12.1. The van der Waals surface area contributed by atoms with Gasteiger partial charge in [-0.05, 0) is 24.6 Å². The highest BCUT2D eigenvalue weighted by Gasteiger charge is 2.15. The smallest absolute Gasteiger partial charge is 0.258 e. The Labute approximate surface area is 115 Å². The fourth-order valence-electron chi connectivity index (χ4n) is 1.59. The topological polar surface area (TPSA) is 67.8 Å². The summed E-state index contributed by atoms with van der Waals surface area (Å²) in [5, 5.41) is 11.3. The van der Waals surface area contributed by atoms with E-state index in [4.69, 9.17) is 14.6 Å². The van der Waals surface area contributed by atoms with Crippen LogP contribution in [0, 0.1) is 11.6 Å². The summed E-state index contributed by atoms with van der Waals surface area (Å²) in [5.41, 5.74) is 0.0884. The molecule has 1 rings (SSSR count). The van der Waals surface area contributed by atoms with Crippen molar-refractivity contribution in [2.24, 2.45) is 0 Å². The fraction of sp³-hybridized carbons (Fsp3) is 0.462. The molecule has 0 aromatic heterocycles. The van der Waals surface area contributed by atoms with Crippen molar-refractivity contribution in [2.45, 2.75) is 19.6 Å². The summed E-state index contributed by atoms with van der Waals surface area (Å²) in [4.78, 5) is 11.5. The van der Waals surface area contributed by atoms with Crippen molar-refractivity contribution in [3.05, 3.63) is 29.3 Å². The maximum Gasteiger partial charge on any atom is 0.258 e. The van der Waals surface area contributed by atoms with Gasteiger partial charge in [-0.25, -0.2) is 8.78 Å². The molecule has 1 atom stereocenters. The lowest BCUT2D eigenvalue weighted by atomic mass is 10.2. The molecule has 7 heteroatoms. The number of hydrogen-bond acceptors (Lipinski definition) is 4. The number of ether oxygens (including phenoxy) is 2. The molecule has 0 bridgehead atoms. The lowest BCUT2D eigenvalue weighted by Crippen LogP contribution is -2.38. The van der Waals surface area contributed by atoms with Crippen LogP contribution in [-0.2, 0) is 16.1 Å². The summed E-state index contributed by atoms with van der Waals surface area (Å²) in [6.07, 6.45) is 0. The van der Waals surface area contributed by atoms with E-state index in [2.05, 4.69) is 5.32 Å². The fourth-order valence-corrected chi connectivity index (χ4v) is 1.59. The lowest BCUT2D eigenvalue weighted by molar-refractivity contribution is -0.124. The lowest BCUT2D eigenvalue weighted by Gasteiger charge is -2.14. The molecule has 5 nitrogen and oxygen atoms in total. The van der Waals surface area contributed by atoms with Gasteiger partial charge in [0.1, 0.15) is 0 Å². The number of rotatable bonds is 7. The van der Waals surface area contributed by atoms with Crippen LogP contribution in [-0.4, -0.2) is 37.4 Å². The molecule has 0 aliphatic carbocycles. The Kier molecular flexibility index (Phi) is 6.33. The van der Waals surface area contributed by atoms with Gasteiger partial charge in [0.05, 0.1) is 13.2 Å². The SMILES string of the molecule is COCC(C)NC(=O)COc1c(F)cc(CO)cc1F. The van der Waals surface area contributed by atoms with Crippen LogP contribution in [0.25, 0.3) is 0 Å². The molecule has 1 aromatic carbocycles. The summed E-state index contributed by atoms with van der Waals surface area (Å²) in [7, 11) is 1.49. The Morgan fingerprint density at radius 2 is 2.00 bits per heavy atom. The minimum Gasteiger partial charge on any atom is -0.478 e. The van der Waals surface area contributed by atoms with Crippen molar-refractivity contribution in [1.82, 2.24) is 5.32 Å². The number of aliphatic hydroxyl groups is 1. The molecule has 0 radical (unpaired) electrons. The van der Waals surface area contributed by atoms with Gasteiger partial charge in [0.2, 0.25) is 0 Å². The quantitative estimate of drug-likeness (QED) is 0.785. The zero-order valence-corrected chi connectivity index (χ0v) is 11.3. The molecule has 2 N–H and O–H groups in total. The number of halogens is 2. The Morgan fingerprint density at radius 3 is 2.50 bits per heavy atom. The summed E-state index contributed by atoms with van der Waals surface area (Å²) < 4.78 is 36.7. The number of hydrogen-bond donors (Lipinski definition) is 2. The Hall–Kier alpha value is -1.73. The first-order valence-electron chi connectivity index (χ1n) is 5.97. The predicted molar refractivity (Wildman–Crippen MR) is 67.3 cm³/mol. The zero-order chi connectivity index (χ0) is 15.1. The predicted octanol–water partition coefficient (Wildman–Crippen LogP) is 0.987. The number of carbonyl (C=O) groups is 1. The summed E-state index contributed by atoms with van der Waals surface area (Å²) in [6.45, 7) is 1.04. The third-order valence-electron chi connectivity index (χ3n) is 2.41. The van der Waals surface area contributed by atoms with Crippen LogP contribution in [0.3, 0.4) is 0 Å². The molecule has 20 heavy (non-hydrogen) atoms. The third-order valence-corrected chi connectivity index (χ3v) is 2.41. The number of benzene rings is 1. The molecule has 0 heterocycles. The van der Waals surface area contributed by atoms with E-state index in [1.54, 1.807) is 6.92 Å². The van der Waals surface area contributed by atoms with Gasteiger partial charge >= 0.3 is 0 Å². The first-order chi connectivity index (χ1) is 9.47. The van der Waals surface area contributed by atoms with Crippen LogP contribution in [0.1, 0.15) is 12.5 Å². The molecule has 1 unspecified atom stereocenters. The highest BCUT2D eigenvalue weighted by Crippen LogP contribution is 2.23. The van der Waals surface area contributed by atoms with Crippen LogP contribution >= 0.6 is 0 Å². The second-order valence-electron chi connectivity index (χ2n) is 4.26. The molecule has 1 aromatic rings. The molecule has 0 aliphatic rings. The van der Waals surface area contributed by atoms with Crippen molar-refractivity contribution in [3.8, 4) is 5.75 Å². The Bertz CT molecular complexity index is 445. The largest absolute Gasteiger partial charge is 0.478 e. The second kappa shape index (κ2) is 7.76. The van der Waals surface area contributed by atoms with Gasteiger partial charge in [-0.2, -0.15) is 0 Å². The van der Waals surface area contributed by atoms with E-state index >= 15 is 0 Å². The van der Waals surface area contributed by atoms with E-state index in [9.17, 15) is 13.6 Å². The first-order valence-corrected chi connectivity index (χ1v) is 5.97. The van der Waals surface area contributed by atoms with Crippen LogP contribution in [0.4, 0.5) is 8.78 Å². The molecule has 0 spiro atoms. The van der Waals surface area contributed by atoms with Crippen molar-refractivity contribution in [1.29, 1.82) is 0 Å². The average molecular weight is 289 g/mol. The van der Waals surface area contributed by atoms with E-state index in [-0.39, 0.29) is 11.6 Å². The number of amides is 1. The van der Waals surface area contributed by atoms with Gasteiger partial charge in [-0.1, -0.05) is 0 Å². The van der Waals surface area contributed by atoms with Crippen LogP contribution in [0.5, 0.6) is 5.75 Å². The molecule has 0 saturated heterocycles. The van der Waals surface area contributed by atoms with Gasteiger partial charge < -0.3 is 19.9 Å². The van der Waals surface area contributed by atoms with Crippen LogP contribution in [0.2, 0.25) is 0 Å². The zero-order valence-electron chi connectivity index (χ0n) is 11.3. The molecule has 0 fully saturated rings. The van der Waals surface area contributed by atoms with Crippen molar-refractivity contribution in [3.63, 3.8) is 0 Å². The number of aliphatic hydroxyl groups excluding tert-OH is 1. The maximum absolute atomic E-state index is 13.5. The molecule has 1 amide bonds. The molecule has 112 valence electrons. The van der Waals surface area contributed by atoms with E-state index < -0.39 is 36.5 Å². The molecular formula is C13H17F2NO4. The van der Waals surface area contributed by atoms with Crippen LogP contribution in [0.15, 0.2) is 12.1 Å².